The Kier molecular flexibility index (Phi) is 4.52. The third-order valence-corrected chi connectivity index (χ3v) is 3.37. The molecule has 0 aromatic carbocycles. The summed E-state index contributed by atoms with van der Waals surface area (Å²) in [5, 5.41) is 18.2. The van der Waals surface area contributed by atoms with Gasteiger partial charge in [-0.1, -0.05) is 0 Å². The molecule has 4 N–H and O–H groups in total. The maximum absolute atomic E-state index is 9.10. The molecule has 18 heavy (non-hydrogen) atoms. The van der Waals surface area contributed by atoms with Crippen LogP contribution in [0, 0.1) is 0 Å². The Hall–Kier alpha value is -1.17. The number of aliphatic hydroxyl groups is 2. The number of fused-ring (bicyclic) bond motifs is 1. The molecule has 0 aliphatic heterocycles. The van der Waals surface area contributed by atoms with Crippen molar-refractivity contribution in [1.29, 1.82) is 0 Å². The van der Waals surface area contributed by atoms with Gasteiger partial charge in [0, 0.05) is 30.9 Å². The Labute approximate surface area is 107 Å². The fraction of sp³-hybridized carbons (Fsp3) is 0.615. The molecule has 100 valence electrons. The number of pyridine rings is 1. The number of hydrogen-bond acceptors (Lipinski definition) is 5. The van der Waals surface area contributed by atoms with Gasteiger partial charge in [0.2, 0.25) is 0 Å². The van der Waals surface area contributed by atoms with E-state index in [9.17, 15) is 0 Å². The van der Waals surface area contributed by atoms with Crippen LogP contribution in [-0.4, -0.2) is 41.5 Å². The van der Waals surface area contributed by atoms with Gasteiger partial charge in [-0.25, -0.2) is 4.98 Å². The summed E-state index contributed by atoms with van der Waals surface area (Å²) in [5.74, 6) is 0.821. The van der Waals surface area contributed by atoms with E-state index in [1.807, 2.05) is 4.90 Å². The van der Waals surface area contributed by atoms with Gasteiger partial charge in [-0.15, -0.1) is 0 Å². The molecule has 0 radical (unpaired) electrons. The van der Waals surface area contributed by atoms with Crippen molar-refractivity contribution in [1.82, 2.24) is 4.98 Å². The smallest absolute Gasteiger partial charge is 0.133 e. The average Bonchev–Trinajstić information content (AvgIpc) is 2.84. The zero-order chi connectivity index (χ0) is 13.0. The first-order valence-electron chi connectivity index (χ1n) is 6.48. The van der Waals surface area contributed by atoms with E-state index in [0.29, 0.717) is 19.6 Å². The highest BCUT2D eigenvalue weighted by atomic mass is 16.3. The Morgan fingerprint density at radius 3 is 2.56 bits per heavy atom. The highest BCUT2D eigenvalue weighted by molar-refractivity contribution is 5.51. The molecule has 2 rings (SSSR count). The Morgan fingerprint density at radius 1 is 1.22 bits per heavy atom. The lowest BCUT2D eigenvalue weighted by atomic mass is 10.1. The molecule has 0 atom stereocenters. The number of hydrogen-bond donors (Lipinski definition) is 3. The summed E-state index contributed by atoms with van der Waals surface area (Å²) in [6.07, 6.45) is 3.24. The SMILES string of the molecule is NCc1cc2c(nc1N(CCO)CCO)CCC2. The van der Waals surface area contributed by atoms with Gasteiger partial charge in [-0.3, -0.25) is 0 Å². The van der Waals surface area contributed by atoms with Gasteiger partial charge in [0.25, 0.3) is 0 Å². The minimum Gasteiger partial charge on any atom is -0.395 e. The van der Waals surface area contributed by atoms with Crippen LogP contribution in [0.2, 0.25) is 0 Å². The normalized spacial score (nSPS) is 13.7. The topological polar surface area (TPSA) is 82.6 Å². The van der Waals surface area contributed by atoms with E-state index in [1.165, 1.54) is 5.56 Å². The van der Waals surface area contributed by atoms with E-state index in [-0.39, 0.29) is 13.2 Å². The number of aliphatic hydroxyl groups excluding tert-OH is 2. The molecule has 0 saturated carbocycles. The molecule has 1 heterocycles. The quantitative estimate of drug-likeness (QED) is 0.653. The van der Waals surface area contributed by atoms with Crippen LogP contribution in [-0.2, 0) is 19.4 Å². The molecule has 0 amide bonds. The molecule has 5 heteroatoms. The summed E-state index contributed by atoms with van der Waals surface area (Å²) < 4.78 is 0. The van der Waals surface area contributed by atoms with Gasteiger partial charge < -0.3 is 20.8 Å². The zero-order valence-corrected chi connectivity index (χ0v) is 10.6. The van der Waals surface area contributed by atoms with Crippen LogP contribution in [0.3, 0.4) is 0 Å². The van der Waals surface area contributed by atoms with Crippen LogP contribution in [0.25, 0.3) is 0 Å². The molecule has 1 aliphatic carbocycles. The lowest BCUT2D eigenvalue weighted by Crippen LogP contribution is -2.32. The summed E-state index contributed by atoms with van der Waals surface area (Å²) in [6.45, 7) is 1.47. The van der Waals surface area contributed by atoms with Crippen molar-refractivity contribution >= 4 is 5.82 Å². The van der Waals surface area contributed by atoms with Crippen molar-refractivity contribution in [3.05, 3.63) is 22.9 Å². The number of nitrogens with two attached hydrogens (primary N) is 1. The van der Waals surface area contributed by atoms with Crippen molar-refractivity contribution in [2.75, 3.05) is 31.2 Å². The number of aryl methyl sites for hydroxylation is 2. The average molecular weight is 251 g/mol. The van der Waals surface area contributed by atoms with E-state index in [2.05, 4.69) is 11.1 Å². The summed E-state index contributed by atoms with van der Waals surface area (Å²) in [5.41, 5.74) is 9.22. The standard InChI is InChI=1S/C13H21N3O2/c14-9-11-8-10-2-1-3-12(10)15-13(11)16(4-6-17)5-7-18/h8,17-18H,1-7,9,14H2. The number of anilines is 1. The van der Waals surface area contributed by atoms with Crippen molar-refractivity contribution in [3.63, 3.8) is 0 Å². The van der Waals surface area contributed by atoms with Crippen LogP contribution in [0.15, 0.2) is 6.07 Å². The largest absolute Gasteiger partial charge is 0.395 e. The molecular formula is C13H21N3O2. The second-order valence-corrected chi connectivity index (χ2v) is 4.57. The Morgan fingerprint density at radius 2 is 1.94 bits per heavy atom. The van der Waals surface area contributed by atoms with Crippen molar-refractivity contribution in [3.8, 4) is 0 Å². The number of nitrogens with zero attached hydrogens (tertiary/aromatic N) is 2. The van der Waals surface area contributed by atoms with Gasteiger partial charge in [0.05, 0.1) is 13.2 Å². The van der Waals surface area contributed by atoms with E-state index in [0.717, 1.165) is 36.3 Å². The van der Waals surface area contributed by atoms with Crippen molar-refractivity contribution in [2.45, 2.75) is 25.8 Å². The molecule has 1 aliphatic rings. The Balaban J connectivity index is 2.34. The predicted octanol–water partition coefficient (Wildman–Crippen LogP) is -0.180. The summed E-state index contributed by atoms with van der Waals surface area (Å²) in [7, 11) is 0. The predicted molar refractivity (Wildman–Crippen MR) is 70.5 cm³/mol. The molecule has 0 fully saturated rings. The van der Waals surface area contributed by atoms with Crippen LogP contribution in [0.5, 0.6) is 0 Å². The molecule has 1 aromatic rings. The molecule has 1 aromatic heterocycles. The summed E-state index contributed by atoms with van der Waals surface area (Å²) >= 11 is 0. The maximum Gasteiger partial charge on any atom is 0.133 e. The molecule has 0 saturated heterocycles. The van der Waals surface area contributed by atoms with E-state index < -0.39 is 0 Å². The monoisotopic (exact) mass is 251 g/mol. The zero-order valence-electron chi connectivity index (χ0n) is 10.6. The fourth-order valence-electron chi connectivity index (χ4n) is 2.50. The number of aromatic nitrogens is 1. The molecule has 0 unspecified atom stereocenters. The van der Waals surface area contributed by atoms with Gasteiger partial charge in [-0.05, 0) is 30.9 Å². The molecule has 0 spiro atoms. The van der Waals surface area contributed by atoms with Gasteiger partial charge in [-0.2, -0.15) is 0 Å². The first-order valence-corrected chi connectivity index (χ1v) is 6.48. The van der Waals surface area contributed by atoms with Crippen LogP contribution < -0.4 is 10.6 Å². The third-order valence-electron chi connectivity index (χ3n) is 3.37. The summed E-state index contributed by atoms with van der Waals surface area (Å²) in [4.78, 5) is 6.59. The lowest BCUT2D eigenvalue weighted by molar-refractivity contribution is 0.280. The highest BCUT2D eigenvalue weighted by Crippen LogP contribution is 2.27. The summed E-state index contributed by atoms with van der Waals surface area (Å²) in [6, 6.07) is 2.13. The second kappa shape index (κ2) is 6.13. The molecular weight excluding hydrogens is 230 g/mol. The van der Waals surface area contributed by atoms with Gasteiger partial charge >= 0.3 is 0 Å². The first-order chi connectivity index (χ1) is 8.80. The van der Waals surface area contributed by atoms with Crippen LogP contribution in [0.4, 0.5) is 5.82 Å². The Bertz CT molecular complexity index is 403. The highest BCUT2D eigenvalue weighted by Gasteiger charge is 2.18. The van der Waals surface area contributed by atoms with Gasteiger partial charge in [0.1, 0.15) is 5.82 Å². The van der Waals surface area contributed by atoms with Crippen LogP contribution >= 0.6 is 0 Å². The fourth-order valence-corrected chi connectivity index (χ4v) is 2.50. The number of rotatable bonds is 6. The van der Waals surface area contributed by atoms with E-state index in [4.69, 9.17) is 15.9 Å². The lowest BCUT2D eigenvalue weighted by Gasteiger charge is -2.25. The van der Waals surface area contributed by atoms with E-state index >= 15 is 0 Å². The van der Waals surface area contributed by atoms with Crippen LogP contribution in [0.1, 0.15) is 23.2 Å². The molecule has 5 nitrogen and oxygen atoms in total. The van der Waals surface area contributed by atoms with Gasteiger partial charge in [0.15, 0.2) is 0 Å². The first kappa shape index (κ1) is 13.3. The van der Waals surface area contributed by atoms with Crippen molar-refractivity contribution in [2.24, 2.45) is 5.73 Å². The van der Waals surface area contributed by atoms with Crippen molar-refractivity contribution < 1.29 is 10.2 Å². The second-order valence-electron chi connectivity index (χ2n) is 4.57. The maximum atomic E-state index is 9.10. The van der Waals surface area contributed by atoms with E-state index in [1.54, 1.807) is 0 Å². The minimum absolute atomic E-state index is 0.0444. The minimum atomic E-state index is 0.0444. The molecule has 0 bridgehead atoms. The third kappa shape index (κ3) is 2.63.